The molecule has 0 aromatic carbocycles. The molecule has 0 amide bonds. The second-order valence-electron chi connectivity index (χ2n) is 4.58. The van der Waals surface area contributed by atoms with Gasteiger partial charge in [-0.2, -0.15) is 0 Å². The van der Waals surface area contributed by atoms with E-state index >= 15 is 0 Å². The number of hydrogen-bond donors (Lipinski definition) is 1. The van der Waals surface area contributed by atoms with Crippen LogP contribution in [0.2, 0.25) is 0 Å². The molecule has 0 heterocycles. The Morgan fingerprint density at radius 3 is 2.33 bits per heavy atom. The van der Waals surface area contributed by atoms with Gasteiger partial charge < -0.3 is 10.1 Å². The van der Waals surface area contributed by atoms with Gasteiger partial charge in [0, 0.05) is 6.04 Å². The second-order valence-corrected chi connectivity index (χ2v) is 4.58. The lowest BCUT2D eigenvalue weighted by Gasteiger charge is -2.39. The van der Waals surface area contributed by atoms with Gasteiger partial charge in [0.2, 0.25) is 0 Å². The van der Waals surface area contributed by atoms with Gasteiger partial charge in [0.1, 0.15) is 0 Å². The first-order valence-electron chi connectivity index (χ1n) is 4.92. The molecule has 0 bridgehead atoms. The molecule has 2 heteroatoms. The van der Waals surface area contributed by atoms with E-state index in [1.54, 1.807) is 0 Å². The van der Waals surface area contributed by atoms with Gasteiger partial charge in [-0.05, 0) is 40.2 Å². The Labute approximate surface area is 75.7 Å². The maximum atomic E-state index is 5.81. The molecular weight excluding hydrogens is 150 g/mol. The minimum atomic E-state index is 0.0296. The van der Waals surface area contributed by atoms with Crippen LogP contribution >= 0.6 is 0 Å². The molecule has 0 aliphatic heterocycles. The van der Waals surface area contributed by atoms with Crippen molar-refractivity contribution in [1.29, 1.82) is 0 Å². The van der Waals surface area contributed by atoms with E-state index in [0.29, 0.717) is 12.1 Å². The largest absolute Gasteiger partial charge is 0.373 e. The summed E-state index contributed by atoms with van der Waals surface area (Å²) in [7, 11) is 0. The normalized spacial score (nSPS) is 30.0. The van der Waals surface area contributed by atoms with Crippen LogP contribution in [0, 0.1) is 0 Å². The zero-order valence-corrected chi connectivity index (χ0v) is 8.68. The first kappa shape index (κ1) is 10.0. The Kier molecular flexibility index (Phi) is 3.13. The molecular formula is C10H21NO. The Balaban J connectivity index is 2.10. The van der Waals surface area contributed by atoms with E-state index in [9.17, 15) is 0 Å². The number of ether oxygens (including phenoxy) is 1. The minimum Gasteiger partial charge on any atom is -0.373 e. The van der Waals surface area contributed by atoms with Gasteiger partial charge in [0.25, 0.3) is 0 Å². The third-order valence-corrected chi connectivity index (χ3v) is 2.11. The molecule has 2 nitrogen and oxygen atoms in total. The summed E-state index contributed by atoms with van der Waals surface area (Å²) < 4.78 is 5.81. The fraction of sp³-hybridized carbons (Fsp3) is 1.00. The molecule has 0 spiro atoms. The zero-order chi connectivity index (χ0) is 9.19. The SMILES string of the molecule is CCN[C@H]1C[C@H](OC(C)(C)C)C1. The molecule has 72 valence electrons. The predicted octanol–water partition coefficient (Wildman–Crippen LogP) is 1.94. The lowest BCUT2D eigenvalue weighted by molar-refractivity contribution is -0.102. The predicted molar refractivity (Wildman–Crippen MR) is 51.3 cm³/mol. The van der Waals surface area contributed by atoms with E-state index in [1.165, 1.54) is 12.8 Å². The average Bonchev–Trinajstić information content (AvgIpc) is 1.80. The van der Waals surface area contributed by atoms with Crippen LogP contribution < -0.4 is 5.32 Å². The highest BCUT2D eigenvalue weighted by Gasteiger charge is 2.31. The zero-order valence-electron chi connectivity index (χ0n) is 8.68. The maximum absolute atomic E-state index is 5.81. The Morgan fingerprint density at radius 1 is 1.33 bits per heavy atom. The molecule has 0 radical (unpaired) electrons. The molecule has 1 N–H and O–H groups in total. The van der Waals surface area contributed by atoms with Crippen molar-refractivity contribution in [2.75, 3.05) is 6.54 Å². The van der Waals surface area contributed by atoms with Gasteiger partial charge >= 0.3 is 0 Å². The lowest BCUT2D eigenvalue weighted by atomic mass is 9.88. The van der Waals surface area contributed by atoms with Crippen molar-refractivity contribution in [3.05, 3.63) is 0 Å². The first-order valence-corrected chi connectivity index (χ1v) is 4.92. The van der Waals surface area contributed by atoms with Gasteiger partial charge in [-0.1, -0.05) is 6.92 Å². The number of nitrogens with one attached hydrogen (secondary N) is 1. The van der Waals surface area contributed by atoms with Crippen molar-refractivity contribution in [2.45, 2.75) is 58.3 Å². The molecule has 1 saturated carbocycles. The molecule has 0 aromatic heterocycles. The Morgan fingerprint density at radius 2 is 1.92 bits per heavy atom. The van der Waals surface area contributed by atoms with Crippen LogP contribution in [0.15, 0.2) is 0 Å². The summed E-state index contributed by atoms with van der Waals surface area (Å²) in [4.78, 5) is 0. The second kappa shape index (κ2) is 3.75. The van der Waals surface area contributed by atoms with Crippen molar-refractivity contribution in [3.63, 3.8) is 0 Å². The fourth-order valence-corrected chi connectivity index (χ4v) is 1.62. The molecule has 0 saturated heterocycles. The van der Waals surface area contributed by atoms with Crippen LogP contribution in [0.4, 0.5) is 0 Å². The van der Waals surface area contributed by atoms with Gasteiger partial charge in [0.15, 0.2) is 0 Å². The van der Waals surface area contributed by atoms with Crippen molar-refractivity contribution < 1.29 is 4.74 Å². The van der Waals surface area contributed by atoms with Gasteiger partial charge in [0.05, 0.1) is 11.7 Å². The van der Waals surface area contributed by atoms with Crippen LogP contribution in [-0.2, 0) is 4.74 Å². The average molecular weight is 171 g/mol. The summed E-state index contributed by atoms with van der Waals surface area (Å²) in [5.41, 5.74) is 0.0296. The van der Waals surface area contributed by atoms with E-state index in [1.807, 2.05) is 0 Å². The minimum absolute atomic E-state index is 0.0296. The van der Waals surface area contributed by atoms with Crippen molar-refractivity contribution in [2.24, 2.45) is 0 Å². The number of rotatable bonds is 3. The molecule has 1 aliphatic rings. The van der Waals surface area contributed by atoms with Crippen molar-refractivity contribution in [3.8, 4) is 0 Å². The Bertz CT molecular complexity index is 133. The highest BCUT2D eigenvalue weighted by Crippen LogP contribution is 2.27. The highest BCUT2D eigenvalue weighted by atomic mass is 16.5. The monoisotopic (exact) mass is 171 g/mol. The third-order valence-electron chi connectivity index (χ3n) is 2.11. The molecule has 0 unspecified atom stereocenters. The van der Waals surface area contributed by atoms with Gasteiger partial charge in [-0.15, -0.1) is 0 Å². The summed E-state index contributed by atoms with van der Waals surface area (Å²) in [5, 5.41) is 3.42. The maximum Gasteiger partial charge on any atom is 0.0612 e. The molecule has 1 fully saturated rings. The quantitative estimate of drug-likeness (QED) is 0.700. The van der Waals surface area contributed by atoms with Gasteiger partial charge in [-0.3, -0.25) is 0 Å². The lowest BCUT2D eigenvalue weighted by Crippen LogP contribution is -2.47. The van der Waals surface area contributed by atoms with Crippen LogP contribution in [0.5, 0.6) is 0 Å². The summed E-state index contributed by atoms with van der Waals surface area (Å²) in [6, 6.07) is 0.711. The third kappa shape index (κ3) is 3.11. The van der Waals surface area contributed by atoms with E-state index in [2.05, 4.69) is 33.0 Å². The van der Waals surface area contributed by atoms with Crippen molar-refractivity contribution in [1.82, 2.24) is 5.32 Å². The van der Waals surface area contributed by atoms with E-state index < -0.39 is 0 Å². The van der Waals surface area contributed by atoms with E-state index in [4.69, 9.17) is 4.74 Å². The summed E-state index contributed by atoms with van der Waals surface area (Å²) in [6.07, 6.45) is 2.87. The smallest absolute Gasteiger partial charge is 0.0612 e. The molecule has 1 rings (SSSR count). The van der Waals surface area contributed by atoms with E-state index in [0.717, 1.165) is 6.54 Å². The molecule has 0 atom stereocenters. The molecule has 12 heavy (non-hydrogen) atoms. The fourth-order valence-electron chi connectivity index (χ4n) is 1.62. The van der Waals surface area contributed by atoms with Crippen LogP contribution in [0.25, 0.3) is 0 Å². The highest BCUT2D eigenvalue weighted by molar-refractivity contribution is 4.87. The topological polar surface area (TPSA) is 21.3 Å². The van der Waals surface area contributed by atoms with Crippen LogP contribution in [0.3, 0.4) is 0 Å². The first-order chi connectivity index (χ1) is 5.51. The van der Waals surface area contributed by atoms with E-state index in [-0.39, 0.29) is 5.60 Å². The van der Waals surface area contributed by atoms with Crippen LogP contribution in [-0.4, -0.2) is 24.3 Å². The summed E-state index contributed by atoms with van der Waals surface area (Å²) in [5.74, 6) is 0. The molecule has 1 aliphatic carbocycles. The Hall–Kier alpha value is -0.0800. The van der Waals surface area contributed by atoms with Gasteiger partial charge in [-0.25, -0.2) is 0 Å². The number of hydrogen-bond acceptors (Lipinski definition) is 2. The molecule has 0 aromatic rings. The van der Waals surface area contributed by atoms with Crippen LogP contribution in [0.1, 0.15) is 40.5 Å². The summed E-state index contributed by atoms with van der Waals surface area (Å²) >= 11 is 0. The summed E-state index contributed by atoms with van der Waals surface area (Å²) in [6.45, 7) is 9.58. The standard InChI is InChI=1S/C10H21NO/c1-5-11-8-6-9(7-8)12-10(2,3)4/h8-9,11H,5-7H2,1-4H3/t8-,9-. The van der Waals surface area contributed by atoms with Crippen molar-refractivity contribution >= 4 is 0 Å².